The van der Waals surface area contributed by atoms with Crippen LogP contribution in [-0.4, -0.2) is 29.3 Å². The molecule has 0 amide bonds. The highest BCUT2D eigenvalue weighted by atomic mass is 79.9. The van der Waals surface area contributed by atoms with Crippen molar-refractivity contribution in [2.45, 2.75) is 11.1 Å². The lowest BCUT2D eigenvalue weighted by molar-refractivity contribution is 0.548. The Kier molecular flexibility index (Phi) is 4.79. The second-order valence-electron chi connectivity index (χ2n) is 4.05. The first kappa shape index (κ1) is 15.4. The van der Waals surface area contributed by atoms with Crippen LogP contribution in [0.5, 0.6) is 0 Å². The summed E-state index contributed by atoms with van der Waals surface area (Å²) in [6.07, 6.45) is 0. The van der Waals surface area contributed by atoms with Crippen LogP contribution in [0.15, 0.2) is 40.0 Å². The molecule has 2 rings (SSSR count). The highest BCUT2D eigenvalue weighted by Crippen LogP contribution is 2.22. The summed E-state index contributed by atoms with van der Waals surface area (Å²) >= 11 is 8.95. The van der Waals surface area contributed by atoms with Gasteiger partial charge in [0, 0.05) is 12.9 Å². The number of rotatable bonds is 5. The molecule has 1 aromatic carbocycles. The Morgan fingerprint density at radius 2 is 2.05 bits per heavy atom. The summed E-state index contributed by atoms with van der Waals surface area (Å²) in [5, 5.41) is 7.28. The van der Waals surface area contributed by atoms with Gasteiger partial charge in [-0.2, -0.15) is 0 Å². The van der Waals surface area contributed by atoms with Gasteiger partial charge in [-0.25, -0.2) is 17.8 Å². The summed E-state index contributed by atoms with van der Waals surface area (Å²) in [5.41, 5.74) is 0.789. The minimum Gasteiger partial charge on any atom is -0.235 e. The van der Waals surface area contributed by atoms with E-state index in [1.165, 1.54) is 11.7 Å². The number of hydrogen-bond acceptors (Lipinski definition) is 4. The third-order valence-electron chi connectivity index (χ3n) is 2.65. The van der Waals surface area contributed by atoms with Gasteiger partial charge in [0.2, 0.25) is 5.03 Å². The lowest BCUT2D eigenvalue weighted by Gasteiger charge is -2.16. The zero-order valence-corrected chi connectivity index (χ0v) is 13.7. The number of aryl methyl sites for hydroxylation is 1. The lowest BCUT2D eigenvalue weighted by atomic mass is 10.1. The van der Waals surface area contributed by atoms with E-state index in [0.29, 0.717) is 0 Å². The highest BCUT2D eigenvalue weighted by Gasteiger charge is 2.27. The maximum Gasteiger partial charge on any atom is 0.261 e. The van der Waals surface area contributed by atoms with Crippen LogP contribution in [0, 0.1) is 0 Å². The zero-order valence-electron chi connectivity index (χ0n) is 10.5. The van der Waals surface area contributed by atoms with Crippen molar-refractivity contribution in [1.82, 2.24) is 19.7 Å². The minimum absolute atomic E-state index is 0.0384. The molecule has 1 N–H and O–H groups in total. The molecule has 0 spiro atoms. The van der Waals surface area contributed by atoms with Crippen molar-refractivity contribution >= 4 is 37.6 Å². The summed E-state index contributed by atoms with van der Waals surface area (Å²) in [6.45, 7) is 0. The molecule has 0 aliphatic heterocycles. The quantitative estimate of drug-likeness (QED) is 0.804. The minimum atomic E-state index is -3.78. The maximum atomic E-state index is 12.4. The fourth-order valence-corrected chi connectivity index (χ4v) is 4.39. The maximum absolute atomic E-state index is 12.4. The van der Waals surface area contributed by atoms with Crippen LogP contribution in [0.1, 0.15) is 11.6 Å². The van der Waals surface area contributed by atoms with E-state index in [4.69, 9.17) is 11.6 Å². The van der Waals surface area contributed by atoms with Crippen molar-refractivity contribution in [3.05, 3.63) is 40.5 Å². The monoisotopic (exact) mass is 378 g/mol. The smallest absolute Gasteiger partial charge is 0.235 e. The molecule has 0 aliphatic rings. The lowest BCUT2D eigenvalue weighted by Crippen LogP contribution is -2.31. The number of hydrogen-bond donors (Lipinski definition) is 1. The molecular weight excluding hydrogens is 368 g/mol. The molecule has 108 valence electrons. The number of halogens is 2. The van der Waals surface area contributed by atoms with Crippen molar-refractivity contribution in [2.75, 3.05) is 5.88 Å². The Balaban J connectivity index is 2.32. The molecule has 0 saturated heterocycles. The molecule has 1 atom stereocenters. The van der Waals surface area contributed by atoms with E-state index >= 15 is 0 Å². The Labute approximate surface area is 130 Å². The van der Waals surface area contributed by atoms with E-state index in [1.807, 2.05) is 30.3 Å². The van der Waals surface area contributed by atoms with Crippen molar-refractivity contribution in [3.63, 3.8) is 0 Å². The average molecular weight is 380 g/mol. The van der Waals surface area contributed by atoms with Gasteiger partial charge in [0.15, 0.2) is 4.60 Å². The second-order valence-corrected chi connectivity index (χ2v) is 6.74. The predicted molar refractivity (Wildman–Crippen MR) is 78.9 cm³/mol. The summed E-state index contributed by atoms with van der Waals surface area (Å²) in [4.78, 5) is 0. The van der Waals surface area contributed by atoms with Crippen molar-refractivity contribution in [3.8, 4) is 0 Å². The number of alkyl halides is 1. The average Bonchev–Trinajstić information content (AvgIpc) is 2.77. The van der Waals surface area contributed by atoms with E-state index < -0.39 is 16.1 Å². The number of nitrogens with zero attached hydrogens (tertiary/aromatic N) is 3. The molecule has 1 aromatic heterocycles. The summed E-state index contributed by atoms with van der Waals surface area (Å²) < 4.78 is 28.7. The highest BCUT2D eigenvalue weighted by molar-refractivity contribution is 9.10. The van der Waals surface area contributed by atoms with E-state index in [2.05, 4.69) is 31.0 Å². The fraction of sp³-hybridized carbons (Fsp3) is 0.273. The molecule has 1 heterocycles. The van der Waals surface area contributed by atoms with Crippen LogP contribution < -0.4 is 4.72 Å². The number of benzene rings is 1. The molecule has 2 aromatic rings. The molecular formula is C11H12BrClN4O2S. The number of aromatic nitrogens is 3. The predicted octanol–water partition coefficient (Wildman–Crippen LogP) is 1.84. The summed E-state index contributed by atoms with van der Waals surface area (Å²) in [6, 6.07) is 8.60. The topological polar surface area (TPSA) is 76.9 Å². The van der Waals surface area contributed by atoms with Crippen LogP contribution in [0.3, 0.4) is 0 Å². The van der Waals surface area contributed by atoms with Gasteiger partial charge in [-0.3, -0.25) is 0 Å². The summed E-state index contributed by atoms with van der Waals surface area (Å²) in [7, 11) is -2.28. The molecule has 1 unspecified atom stereocenters. The van der Waals surface area contributed by atoms with Crippen LogP contribution >= 0.6 is 27.5 Å². The van der Waals surface area contributed by atoms with E-state index in [1.54, 1.807) is 0 Å². The zero-order chi connectivity index (χ0) is 14.8. The van der Waals surface area contributed by atoms with Crippen molar-refractivity contribution in [1.29, 1.82) is 0 Å². The standard InChI is InChI=1S/C11H12BrClN4O2S/c1-17-11(10(12)14-16-17)20(18,19)15-9(7-13)8-5-3-2-4-6-8/h2-6,9,15H,7H2,1H3. The second kappa shape index (κ2) is 6.21. The number of sulfonamides is 1. The van der Waals surface area contributed by atoms with E-state index in [0.717, 1.165) is 5.56 Å². The molecule has 0 aliphatic carbocycles. The molecule has 0 radical (unpaired) electrons. The van der Waals surface area contributed by atoms with Crippen LogP contribution in [-0.2, 0) is 17.1 Å². The Morgan fingerprint density at radius 1 is 1.40 bits per heavy atom. The van der Waals surface area contributed by atoms with Gasteiger partial charge in [0.05, 0.1) is 6.04 Å². The van der Waals surface area contributed by atoms with Gasteiger partial charge in [-0.15, -0.1) is 16.7 Å². The number of nitrogens with one attached hydrogen (secondary N) is 1. The van der Waals surface area contributed by atoms with Gasteiger partial charge >= 0.3 is 0 Å². The largest absolute Gasteiger partial charge is 0.261 e. The fourth-order valence-electron chi connectivity index (χ4n) is 1.73. The summed E-state index contributed by atoms with van der Waals surface area (Å²) in [5.74, 6) is 0.117. The van der Waals surface area contributed by atoms with Gasteiger partial charge in [-0.1, -0.05) is 35.5 Å². The SMILES string of the molecule is Cn1nnc(Br)c1S(=O)(=O)NC(CCl)c1ccccc1. The molecule has 20 heavy (non-hydrogen) atoms. The van der Waals surface area contributed by atoms with Crippen LogP contribution in [0.2, 0.25) is 0 Å². The third-order valence-corrected chi connectivity index (χ3v) is 5.31. The van der Waals surface area contributed by atoms with E-state index in [-0.39, 0.29) is 15.5 Å². The van der Waals surface area contributed by atoms with Crippen molar-refractivity contribution in [2.24, 2.45) is 7.05 Å². The molecule has 9 heteroatoms. The first-order valence-corrected chi connectivity index (χ1v) is 8.45. The Morgan fingerprint density at radius 3 is 2.55 bits per heavy atom. The molecule has 0 saturated carbocycles. The van der Waals surface area contributed by atoms with Gasteiger partial charge in [0.1, 0.15) is 0 Å². The van der Waals surface area contributed by atoms with Crippen molar-refractivity contribution < 1.29 is 8.42 Å². The first-order valence-electron chi connectivity index (χ1n) is 5.64. The first-order chi connectivity index (χ1) is 9.45. The van der Waals surface area contributed by atoms with E-state index in [9.17, 15) is 8.42 Å². The normalized spacial score (nSPS) is 13.3. The van der Waals surface area contributed by atoms with Crippen LogP contribution in [0.25, 0.3) is 0 Å². The molecule has 6 nitrogen and oxygen atoms in total. The van der Waals surface area contributed by atoms with Gasteiger partial charge < -0.3 is 0 Å². The van der Waals surface area contributed by atoms with Gasteiger partial charge in [0.25, 0.3) is 10.0 Å². The Bertz CT molecular complexity index is 670. The molecule has 0 fully saturated rings. The molecule has 0 bridgehead atoms. The van der Waals surface area contributed by atoms with Crippen LogP contribution in [0.4, 0.5) is 0 Å². The third kappa shape index (κ3) is 3.20. The van der Waals surface area contributed by atoms with Gasteiger partial charge in [-0.05, 0) is 21.5 Å². The Hall–Kier alpha value is -0.960.